The average molecular weight is 241 g/mol. The first-order valence-electron chi connectivity index (χ1n) is 7.12. The molecule has 3 nitrogen and oxygen atoms in total. The third kappa shape index (κ3) is 6.67. The summed E-state index contributed by atoms with van der Waals surface area (Å²) in [5.41, 5.74) is 5.42. The largest absolute Gasteiger partial charge is 0.462 e. The van der Waals surface area contributed by atoms with Crippen LogP contribution in [0.1, 0.15) is 64.7 Å². The number of hydrogen-bond acceptors (Lipinski definition) is 3. The van der Waals surface area contributed by atoms with Crippen molar-refractivity contribution in [3.8, 4) is 0 Å². The Bertz CT molecular complexity index is 218. The summed E-state index contributed by atoms with van der Waals surface area (Å²) in [5.74, 6) is 0.711. The molecule has 100 valence electrons. The molecular formula is C14H27NO2. The second-order valence-electron chi connectivity index (χ2n) is 5.34. The van der Waals surface area contributed by atoms with Crippen molar-refractivity contribution in [2.75, 3.05) is 6.54 Å². The van der Waals surface area contributed by atoms with Crippen molar-refractivity contribution in [2.24, 2.45) is 11.7 Å². The Morgan fingerprint density at radius 3 is 2.71 bits per heavy atom. The molecule has 17 heavy (non-hydrogen) atoms. The van der Waals surface area contributed by atoms with Gasteiger partial charge in [-0.15, -0.1) is 0 Å². The van der Waals surface area contributed by atoms with Gasteiger partial charge in [0.2, 0.25) is 0 Å². The Hall–Kier alpha value is -0.570. The van der Waals surface area contributed by atoms with Gasteiger partial charge >= 0.3 is 5.97 Å². The van der Waals surface area contributed by atoms with E-state index in [1.807, 2.05) is 0 Å². The Balaban J connectivity index is 2.04. The first-order chi connectivity index (χ1) is 8.22. The highest BCUT2D eigenvalue weighted by Crippen LogP contribution is 2.26. The lowest BCUT2D eigenvalue weighted by molar-refractivity contribution is -0.151. The summed E-state index contributed by atoms with van der Waals surface area (Å²) in [5, 5.41) is 0. The lowest BCUT2D eigenvalue weighted by Crippen LogP contribution is -2.24. The molecule has 0 amide bonds. The molecule has 0 aromatic carbocycles. The molecule has 1 fully saturated rings. The molecule has 3 heteroatoms. The Kier molecular flexibility index (Phi) is 7.25. The summed E-state index contributed by atoms with van der Waals surface area (Å²) in [7, 11) is 0. The van der Waals surface area contributed by atoms with Gasteiger partial charge in [0.05, 0.1) is 0 Å². The Morgan fingerprint density at radius 2 is 2.00 bits per heavy atom. The number of carbonyl (C=O) groups is 1. The summed E-state index contributed by atoms with van der Waals surface area (Å²) in [6.45, 7) is 3.00. The smallest absolute Gasteiger partial charge is 0.306 e. The van der Waals surface area contributed by atoms with E-state index in [1.165, 1.54) is 12.8 Å². The van der Waals surface area contributed by atoms with Gasteiger partial charge in [0.15, 0.2) is 0 Å². The lowest BCUT2D eigenvalue weighted by atomic mass is 9.89. The molecule has 1 rings (SSSR count). The van der Waals surface area contributed by atoms with Crippen LogP contribution in [-0.4, -0.2) is 18.6 Å². The van der Waals surface area contributed by atoms with Gasteiger partial charge in [-0.2, -0.15) is 0 Å². The normalized spacial score (nSPS) is 24.6. The quantitative estimate of drug-likeness (QED) is 0.550. The summed E-state index contributed by atoms with van der Waals surface area (Å²) in [4.78, 5) is 11.6. The summed E-state index contributed by atoms with van der Waals surface area (Å²) >= 11 is 0. The van der Waals surface area contributed by atoms with Crippen LogP contribution in [0.2, 0.25) is 0 Å². The monoisotopic (exact) mass is 241 g/mol. The molecule has 0 spiro atoms. The molecule has 1 saturated carbocycles. The highest BCUT2D eigenvalue weighted by Gasteiger charge is 2.21. The van der Waals surface area contributed by atoms with Gasteiger partial charge in [0, 0.05) is 6.42 Å². The van der Waals surface area contributed by atoms with Crippen LogP contribution >= 0.6 is 0 Å². The predicted octanol–water partition coefficient (Wildman–Crippen LogP) is 3.02. The Morgan fingerprint density at radius 1 is 1.24 bits per heavy atom. The van der Waals surface area contributed by atoms with Gasteiger partial charge in [-0.3, -0.25) is 4.79 Å². The van der Waals surface area contributed by atoms with Gasteiger partial charge < -0.3 is 10.5 Å². The topological polar surface area (TPSA) is 52.3 Å². The maximum atomic E-state index is 11.6. The fraction of sp³-hybridized carbons (Fsp3) is 0.929. The SMILES string of the molecule is CC1CCCC(OC(=O)CCCCCCN)C1. The molecule has 0 saturated heterocycles. The van der Waals surface area contributed by atoms with Crippen LogP contribution in [0.15, 0.2) is 0 Å². The first kappa shape index (κ1) is 14.5. The maximum Gasteiger partial charge on any atom is 0.306 e. The van der Waals surface area contributed by atoms with Crippen molar-refractivity contribution in [2.45, 2.75) is 70.8 Å². The third-order valence-electron chi connectivity index (χ3n) is 3.52. The molecule has 1 aliphatic carbocycles. The fourth-order valence-corrected chi connectivity index (χ4v) is 2.50. The van der Waals surface area contributed by atoms with Gasteiger partial charge in [-0.05, 0) is 44.6 Å². The molecule has 0 aliphatic heterocycles. The van der Waals surface area contributed by atoms with E-state index in [1.54, 1.807) is 0 Å². The number of rotatable bonds is 7. The number of carbonyl (C=O) groups excluding carboxylic acids is 1. The van der Waals surface area contributed by atoms with Gasteiger partial charge in [-0.1, -0.05) is 26.2 Å². The molecule has 0 aromatic rings. The van der Waals surface area contributed by atoms with E-state index in [9.17, 15) is 4.79 Å². The number of ether oxygens (including phenoxy) is 1. The zero-order chi connectivity index (χ0) is 12.5. The molecule has 1 aliphatic rings. The number of nitrogens with two attached hydrogens (primary N) is 1. The maximum absolute atomic E-state index is 11.6. The van der Waals surface area contributed by atoms with Crippen molar-refractivity contribution in [3.63, 3.8) is 0 Å². The van der Waals surface area contributed by atoms with Crippen LogP contribution in [-0.2, 0) is 9.53 Å². The standard InChI is InChI=1S/C14H27NO2/c1-12-7-6-8-13(11-12)17-14(16)9-4-2-3-5-10-15/h12-13H,2-11,15H2,1H3. The molecule has 2 N–H and O–H groups in total. The summed E-state index contributed by atoms with van der Waals surface area (Å²) in [6, 6.07) is 0. The van der Waals surface area contributed by atoms with Crippen molar-refractivity contribution in [1.29, 1.82) is 0 Å². The van der Waals surface area contributed by atoms with Crippen LogP contribution in [0.4, 0.5) is 0 Å². The van der Waals surface area contributed by atoms with E-state index in [0.29, 0.717) is 12.3 Å². The van der Waals surface area contributed by atoms with E-state index in [-0.39, 0.29) is 12.1 Å². The Labute approximate surface area is 105 Å². The summed E-state index contributed by atoms with van der Waals surface area (Å²) < 4.78 is 5.50. The minimum Gasteiger partial charge on any atom is -0.462 e. The number of hydrogen-bond donors (Lipinski definition) is 1. The van der Waals surface area contributed by atoms with Crippen molar-refractivity contribution < 1.29 is 9.53 Å². The van der Waals surface area contributed by atoms with E-state index >= 15 is 0 Å². The van der Waals surface area contributed by atoms with Crippen molar-refractivity contribution in [3.05, 3.63) is 0 Å². The van der Waals surface area contributed by atoms with E-state index in [4.69, 9.17) is 10.5 Å². The molecular weight excluding hydrogens is 214 g/mol. The van der Waals surface area contributed by atoms with Gasteiger partial charge in [0.1, 0.15) is 6.10 Å². The minimum absolute atomic E-state index is 0.00292. The van der Waals surface area contributed by atoms with Crippen molar-refractivity contribution in [1.82, 2.24) is 0 Å². The summed E-state index contributed by atoms with van der Waals surface area (Å²) in [6.07, 6.45) is 9.60. The third-order valence-corrected chi connectivity index (χ3v) is 3.52. The van der Waals surface area contributed by atoms with Gasteiger partial charge in [-0.25, -0.2) is 0 Å². The minimum atomic E-state index is -0.00292. The van der Waals surface area contributed by atoms with Crippen LogP contribution in [0.3, 0.4) is 0 Å². The highest BCUT2D eigenvalue weighted by atomic mass is 16.5. The van der Waals surface area contributed by atoms with Crippen LogP contribution < -0.4 is 5.73 Å². The molecule has 0 heterocycles. The van der Waals surface area contributed by atoms with Crippen molar-refractivity contribution >= 4 is 5.97 Å². The van der Waals surface area contributed by atoms with Gasteiger partial charge in [0.25, 0.3) is 0 Å². The van der Waals surface area contributed by atoms with Crippen LogP contribution in [0.25, 0.3) is 0 Å². The van der Waals surface area contributed by atoms with E-state index < -0.39 is 0 Å². The zero-order valence-corrected chi connectivity index (χ0v) is 11.1. The molecule has 2 atom stereocenters. The lowest BCUT2D eigenvalue weighted by Gasteiger charge is -2.26. The highest BCUT2D eigenvalue weighted by molar-refractivity contribution is 5.69. The molecule has 0 radical (unpaired) electrons. The second kappa shape index (κ2) is 8.51. The van der Waals surface area contributed by atoms with E-state index in [2.05, 4.69) is 6.92 Å². The average Bonchev–Trinajstić information content (AvgIpc) is 2.29. The molecule has 0 aromatic heterocycles. The number of unbranched alkanes of at least 4 members (excludes halogenated alkanes) is 3. The second-order valence-corrected chi connectivity index (χ2v) is 5.34. The molecule has 2 unspecified atom stereocenters. The van der Waals surface area contributed by atoms with Crippen LogP contribution in [0, 0.1) is 5.92 Å². The first-order valence-corrected chi connectivity index (χ1v) is 7.12. The number of esters is 1. The van der Waals surface area contributed by atoms with Crippen LogP contribution in [0.5, 0.6) is 0 Å². The van der Waals surface area contributed by atoms with E-state index in [0.717, 1.165) is 45.1 Å². The molecule has 0 bridgehead atoms. The zero-order valence-electron chi connectivity index (χ0n) is 11.1. The fourth-order valence-electron chi connectivity index (χ4n) is 2.50. The predicted molar refractivity (Wildman–Crippen MR) is 69.7 cm³/mol.